The van der Waals surface area contributed by atoms with Gasteiger partial charge in [0.25, 0.3) is 0 Å². The van der Waals surface area contributed by atoms with Crippen LogP contribution in [0.3, 0.4) is 0 Å². The summed E-state index contributed by atoms with van der Waals surface area (Å²) in [5.41, 5.74) is 7.47. The molecular formula is C19H21ClN4O3. The third kappa shape index (κ3) is 4.83. The molecule has 1 heterocycles. The number of nitrogens with zero attached hydrogens (tertiary/aromatic N) is 1. The lowest BCUT2D eigenvalue weighted by atomic mass is 10.0. The van der Waals surface area contributed by atoms with Crippen molar-refractivity contribution >= 4 is 29.2 Å². The van der Waals surface area contributed by atoms with Gasteiger partial charge < -0.3 is 25.8 Å². The minimum Gasteiger partial charge on any atom is -0.495 e. The first-order chi connectivity index (χ1) is 13.1. The van der Waals surface area contributed by atoms with Crippen LogP contribution in [0.2, 0.25) is 5.02 Å². The highest BCUT2D eigenvalue weighted by molar-refractivity contribution is 6.32. The molecule has 4 N–H and O–H groups in total. The summed E-state index contributed by atoms with van der Waals surface area (Å²) in [4.78, 5) is 16.3. The SMILES string of the molecule is COc1ccc(NC(N)=NCC(=O)NC2CCOc3ccccc32)cc1Cl. The molecule has 1 aliphatic heterocycles. The number of carbonyl (C=O) groups excluding carboxylic acids is 1. The number of carbonyl (C=O) groups is 1. The van der Waals surface area contributed by atoms with Crippen LogP contribution in [0.1, 0.15) is 18.0 Å². The largest absolute Gasteiger partial charge is 0.495 e. The van der Waals surface area contributed by atoms with E-state index >= 15 is 0 Å². The zero-order valence-electron chi connectivity index (χ0n) is 14.9. The van der Waals surface area contributed by atoms with Crippen molar-refractivity contribution in [3.63, 3.8) is 0 Å². The first-order valence-corrected chi connectivity index (χ1v) is 8.86. The standard InChI is InChI=1S/C19H21ClN4O3/c1-26-17-7-6-12(10-14(17)20)23-19(21)22-11-18(25)24-15-8-9-27-16-5-3-2-4-13(15)16/h2-7,10,15H,8-9,11H2,1H3,(H,24,25)(H3,21,22,23). The Kier molecular flexibility index (Phi) is 6.03. The molecule has 1 aliphatic rings. The van der Waals surface area contributed by atoms with E-state index in [2.05, 4.69) is 15.6 Å². The predicted octanol–water partition coefficient (Wildman–Crippen LogP) is 2.72. The van der Waals surface area contributed by atoms with Gasteiger partial charge in [0.2, 0.25) is 5.91 Å². The van der Waals surface area contributed by atoms with E-state index in [4.69, 9.17) is 26.8 Å². The van der Waals surface area contributed by atoms with Gasteiger partial charge in [-0.2, -0.15) is 0 Å². The van der Waals surface area contributed by atoms with Gasteiger partial charge >= 0.3 is 0 Å². The summed E-state index contributed by atoms with van der Waals surface area (Å²) in [6.45, 7) is 0.482. The van der Waals surface area contributed by atoms with Gasteiger partial charge in [-0.3, -0.25) is 4.79 Å². The van der Waals surface area contributed by atoms with E-state index in [0.29, 0.717) is 29.5 Å². The predicted molar refractivity (Wildman–Crippen MR) is 106 cm³/mol. The molecule has 1 atom stereocenters. The average Bonchev–Trinajstić information content (AvgIpc) is 2.67. The number of halogens is 1. The van der Waals surface area contributed by atoms with Crippen molar-refractivity contribution in [2.75, 3.05) is 25.6 Å². The van der Waals surface area contributed by atoms with E-state index in [1.54, 1.807) is 25.3 Å². The van der Waals surface area contributed by atoms with Crippen molar-refractivity contribution in [1.29, 1.82) is 0 Å². The summed E-state index contributed by atoms with van der Waals surface area (Å²) in [5, 5.41) is 6.32. The monoisotopic (exact) mass is 388 g/mol. The zero-order valence-corrected chi connectivity index (χ0v) is 15.6. The van der Waals surface area contributed by atoms with Gasteiger partial charge in [0, 0.05) is 17.7 Å². The summed E-state index contributed by atoms with van der Waals surface area (Å²) < 4.78 is 10.7. The Hall–Kier alpha value is -2.93. The lowest BCUT2D eigenvalue weighted by molar-refractivity contribution is -0.120. The van der Waals surface area contributed by atoms with Crippen LogP contribution in [-0.4, -0.2) is 32.1 Å². The number of anilines is 1. The number of hydrogen-bond acceptors (Lipinski definition) is 4. The quantitative estimate of drug-likeness (QED) is 0.540. The maximum atomic E-state index is 12.2. The van der Waals surface area contributed by atoms with Crippen LogP contribution in [0.15, 0.2) is 47.5 Å². The molecule has 8 heteroatoms. The van der Waals surface area contributed by atoms with Crippen molar-refractivity contribution in [2.24, 2.45) is 10.7 Å². The first-order valence-electron chi connectivity index (χ1n) is 8.48. The minimum atomic E-state index is -0.214. The molecule has 0 aliphatic carbocycles. The van der Waals surface area contributed by atoms with Crippen LogP contribution < -0.4 is 25.8 Å². The first kappa shape index (κ1) is 18.8. The van der Waals surface area contributed by atoms with Gasteiger partial charge in [-0.25, -0.2) is 4.99 Å². The van der Waals surface area contributed by atoms with E-state index in [1.165, 1.54) is 0 Å². The average molecular weight is 389 g/mol. The molecule has 0 spiro atoms. The molecule has 0 saturated carbocycles. The van der Waals surface area contributed by atoms with Gasteiger partial charge in [-0.15, -0.1) is 0 Å². The second-order valence-corrected chi connectivity index (χ2v) is 6.38. The fourth-order valence-electron chi connectivity index (χ4n) is 2.82. The number of nitrogens with two attached hydrogens (primary N) is 1. The molecule has 0 aromatic heterocycles. The molecule has 7 nitrogen and oxygen atoms in total. The summed E-state index contributed by atoms with van der Waals surface area (Å²) in [7, 11) is 1.54. The zero-order chi connectivity index (χ0) is 19.2. The number of methoxy groups -OCH3 is 1. The number of para-hydroxylation sites is 1. The van der Waals surface area contributed by atoms with E-state index in [1.807, 2.05) is 24.3 Å². The van der Waals surface area contributed by atoms with Crippen molar-refractivity contribution in [3.8, 4) is 11.5 Å². The molecule has 1 amide bonds. The highest BCUT2D eigenvalue weighted by atomic mass is 35.5. The number of ether oxygens (including phenoxy) is 2. The molecule has 0 fully saturated rings. The second kappa shape index (κ2) is 8.64. The van der Waals surface area contributed by atoms with Crippen LogP contribution in [0.25, 0.3) is 0 Å². The molecule has 1 unspecified atom stereocenters. The fraction of sp³-hybridized carbons (Fsp3) is 0.263. The van der Waals surface area contributed by atoms with Crippen LogP contribution in [-0.2, 0) is 4.79 Å². The lowest BCUT2D eigenvalue weighted by Gasteiger charge is -2.26. The third-order valence-corrected chi connectivity index (χ3v) is 4.41. The van der Waals surface area contributed by atoms with Crippen molar-refractivity contribution in [2.45, 2.75) is 12.5 Å². The molecular weight excluding hydrogens is 368 g/mol. The number of benzene rings is 2. The van der Waals surface area contributed by atoms with Gasteiger partial charge in [-0.05, 0) is 24.3 Å². The van der Waals surface area contributed by atoms with E-state index in [-0.39, 0.29) is 24.5 Å². The van der Waals surface area contributed by atoms with E-state index in [0.717, 1.165) is 11.3 Å². The third-order valence-electron chi connectivity index (χ3n) is 4.11. The molecule has 142 valence electrons. The normalized spacial score (nSPS) is 16.1. The lowest BCUT2D eigenvalue weighted by Crippen LogP contribution is -2.34. The highest BCUT2D eigenvalue weighted by Crippen LogP contribution is 2.31. The van der Waals surface area contributed by atoms with Crippen molar-refractivity contribution < 1.29 is 14.3 Å². The minimum absolute atomic E-state index is 0.0811. The number of hydrogen-bond donors (Lipinski definition) is 3. The number of amides is 1. The fourth-order valence-corrected chi connectivity index (χ4v) is 3.08. The van der Waals surface area contributed by atoms with Gasteiger partial charge in [0.05, 0.1) is 24.8 Å². The topological polar surface area (TPSA) is 98.0 Å². The van der Waals surface area contributed by atoms with Crippen molar-refractivity contribution in [1.82, 2.24) is 5.32 Å². The smallest absolute Gasteiger partial charge is 0.242 e. The Balaban J connectivity index is 1.56. The number of rotatable bonds is 5. The summed E-state index contributed by atoms with van der Waals surface area (Å²) >= 11 is 6.07. The number of guanidine groups is 1. The Morgan fingerprint density at radius 1 is 1.37 bits per heavy atom. The molecule has 0 bridgehead atoms. The highest BCUT2D eigenvalue weighted by Gasteiger charge is 2.22. The van der Waals surface area contributed by atoms with Crippen LogP contribution >= 0.6 is 11.6 Å². The van der Waals surface area contributed by atoms with E-state index < -0.39 is 0 Å². The molecule has 0 radical (unpaired) electrons. The molecule has 27 heavy (non-hydrogen) atoms. The Bertz CT molecular complexity index is 857. The Labute approximate surface area is 162 Å². The molecule has 2 aromatic carbocycles. The van der Waals surface area contributed by atoms with Crippen LogP contribution in [0.4, 0.5) is 5.69 Å². The van der Waals surface area contributed by atoms with Crippen LogP contribution in [0.5, 0.6) is 11.5 Å². The summed E-state index contributed by atoms with van der Waals surface area (Å²) in [5.74, 6) is 1.27. The summed E-state index contributed by atoms with van der Waals surface area (Å²) in [6, 6.07) is 12.7. The number of fused-ring (bicyclic) bond motifs is 1. The second-order valence-electron chi connectivity index (χ2n) is 5.97. The summed E-state index contributed by atoms with van der Waals surface area (Å²) in [6.07, 6.45) is 0.713. The van der Waals surface area contributed by atoms with E-state index in [9.17, 15) is 4.79 Å². The van der Waals surface area contributed by atoms with Gasteiger partial charge in [0.15, 0.2) is 5.96 Å². The Morgan fingerprint density at radius 3 is 2.96 bits per heavy atom. The van der Waals surface area contributed by atoms with Gasteiger partial charge in [-0.1, -0.05) is 29.8 Å². The Morgan fingerprint density at radius 2 is 2.19 bits per heavy atom. The maximum Gasteiger partial charge on any atom is 0.242 e. The molecule has 3 rings (SSSR count). The molecule has 2 aromatic rings. The molecule has 0 saturated heterocycles. The van der Waals surface area contributed by atoms with Crippen molar-refractivity contribution in [3.05, 3.63) is 53.1 Å². The van der Waals surface area contributed by atoms with Crippen LogP contribution in [0, 0.1) is 0 Å². The van der Waals surface area contributed by atoms with Gasteiger partial charge in [0.1, 0.15) is 18.0 Å². The maximum absolute atomic E-state index is 12.2. The number of nitrogens with one attached hydrogen (secondary N) is 2. The number of aliphatic imine (C=N–C) groups is 1.